The molecule has 8 heteroatoms. The van der Waals surface area contributed by atoms with Gasteiger partial charge in [0.2, 0.25) is 11.9 Å². The lowest BCUT2D eigenvalue weighted by Gasteiger charge is -2.36. The summed E-state index contributed by atoms with van der Waals surface area (Å²) in [6.45, 7) is 6.79. The van der Waals surface area contributed by atoms with Crippen LogP contribution in [0.1, 0.15) is 81.5 Å². The average molecular weight is 586 g/mol. The van der Waals surface area contributed by atoms with Gasteiger partial charge >= 0.3 is 0 Å². The molecule has 0 bridgehead atoms. The Morgan fingerprint density at radius 3 is 2.47 bits per heavy atom. The molecule has 0 saturated heterocycles. The largest absolute Gasteiger partial charge is 0.393 e. The summed E-state index contributed by atoms with van der Waals surface area (Å²) in [5.74, 6) is 0.481. The van der Waals surface area contributed by atoms with E-state index < -0.39 is 5.95 Å². The number of aliphatic hydroxyl groups is 1. The van der Waals surface area contributed by atoms with E-state index in [4.69, 9.17) is 0 Å². The fraction of sp³-hybridized carbons (Fsp3) is 0.514. The monoisotopic (exact) mass is 585 g/mol. The highest BCUT2D eigenvalue weighted by atomic mass is 19.1. The van der Waals surface area contributed by atoms with Gasteiger partial charge in [0.1, 0.15) is 0 Å². The predicted molar refractivity (Wildman–Crippen MR) is 168 cm³/mol. The van der Waals surface area contributed by atoms with Crippen molar-refractivity contribution in [3.05, 3.63) is 72.1 Å². The molecule has 6 rings (SSSR count). The van der Waals surface area contributed by atoms with Crippen molar-refractivity contribution in [2.45, 2.75) is 83.3 Å². The van der Waals surface area contributed by atoms with Crippen LogP contribution in [0.4, 0.5) is 10.1 Å². The molecular formula is C35H44FN5O2. The number of carbonyl (C=O) groups excluding carboxylic acids is 1. The van der Waals surface area contributed by atoms with Crippen LogP contribution in [0.2, 0.25) is 0 Å². The van der Waals surface area contributed by atoms with Crippen LogP contribution in [-0.2, 0) is 11.8 Å². The third-order valence-electron chi connectivity index (χ3n) is 9.87. The summed E-state index contributed by atoms with van der Waals surface area (Å²) in [7, 11) is 1.75. The Morgan fingerprint density at radius 1 is 1.07 bits per heavy atom. The number of aryl methyl sites for hydroxylation is 1. The first-order chi connectivity index (χ1) is 20.8. The summed E-state index contributed by atoms with van der Waals surface area (Å²) < 4.78 is 17.5. The molecule has 1 aromatic carbocycles. The van der Waals surface area contributed by atoms with Gasteiger partial charge in [-0.1, -0.05) is 30.4 Å². The van der Waals surface area contributed by atoms with E-state index >= 15 is 0 Å². The van der Waals surface area contributed by atoms with E-state index in [0.717, 1.165) is 66.6 Å². The minimum absolute atomic E-state index is 0.0498. The van der Waals surface area contributed by atoms with Crippen LogP contribution in [0.25, 0.3) is 17.2 Å². The Labute approximate surface area is 254 Å². The maximum atomic E-state index is 14.0. The summed E-state index contributed by atoms with van der Waals surface area (Å²) in [4.78, 5) is 16.1. The standard InChI is InChI=1S/C35H44FN5O2/c1-23(7-18-33-24(2)34(36)38-39(33)3)26-10-8-25(9-11-26)21-40(35(43)27-12-16-32(42)17-13-27)31-6-4-5-28(19-31)29-20-37-41(22-29)30-14-15-30/h4-7,18-20,22,25-27,30,32,42H,1,8-17,21H2,2-3H3/b18-7-/t25-,26-,27-,32-. The van der Waals surface area contributed by atoms with Crippen molar-refractivity contribution < 1.29 is 14.3 Å². The molecule has 0 spiro atoms. The minimum Gasteiger partial charge on any atom is -0.393 e. The summed E-state index contributed by atoms with van der Waals surface area (Å²) >= 11 is 0. The summed E-state index contributed by atoms with van der Waals surface area (Å²) in [6, 6.07) is 8.88. The van der Waals surface area contributed by atoms with Crippen LogP contribution < -0.4 is 4.90 Å². The highest BCUT2D eigenvalue weighted by Crippen LogP contribution is 2.38. The third-order valence-corrected chi connectivity index (χ3v) is 9.87. The van der Waals surface area contributed by atoms with E-state index in [1.165, 1.54) is 12.8 Å². The fourth-order valence-electron chi connectivity index (χ4n) is 6.88. The third kappa shape index (κ3) is 6.69. The first-order valence-corrected chi connectivity index (χ1v) is 16.0. The lowest BCUT2D eigenvalue weighted by atomic mass is 9.78. The van der Waals surface area contributed by atoms with E-state index in [9.17, 15) is 14.3 Å². The second-order valence-corrected chi connectivity index (χ2v) is 13.0. The van der Waals surface area contributed by atoms with Crippen LogP contribution >= 0.6 is 0 Å². The van der Waals surface area contributed by atoms with Gasteiger partial charge in [-0.2, -0.15) is 9.49 Å². The minimum atomic E-state index is -0.435. The molecule has 2 heterocycles. The molecule has 0 unspecified atom stereocenters. The Hall–Kier alpha value is -3.52. The predicted octanol–water partition coefficient (Wildman–Crippen LogP) is 7.03. The number of amides is 1. The molecule has 228 valence electrons. The topological polar surface area (TPSA) is 76.2 Å². The molecule has 0 radical (unpaired) electrons. The number of hydrogen-bond donors (Lipinski definition) is 1. The highest BCUT2D eigenvalue weighted by Gasteiger charge is 2.32. The fourth-order valence-corrected chi connectivity index (χ4v) is 6.88. The number of benzene rings is 1. The first kappa shape index (κ1) is 29.5. The van der Waals surface area contributed by atoms with Gasteiger partial charge in [0.15, 0.2) is 0 Å². The number of carbonyl (C=O) groups is 1. The van der Waals surface area contributed by atoms with E-state index in [1.54, 1.807) is 18.7 Å². The number of rotatable bonds is 9. The quantitative estimate of drug-likeness (QED) is 0.274. The number of allylic oxidation sites excluding steroid dienone is 2. The number of nitrogens with zero attached hydrogens (tertiary/aromatic N) is 5. The second-order valence-electron chi connectivity index (χ2n) is 13.0. The molecule has 2 aromatic heterocycles. The Morgan fingerprint density at radius 2 is 1.79 bits per heavy atom. The maximum Gasteiger partial charge on any atom is 0.236 e. The van der Waals surface area contributed by atoms with Gasteiger partial charge in [-0.15, -0.1) is 5.10 Å². The second kappa shape index (κ2) is 12.6. The molecule has 3 aliphatic carbocycles. The van der Waals surface area contributed by atoms with Crippen molar-refractivity contribution in [1.29, 1.82) is 0 Å². The molecule has 0 aliphatic heterocycles. The lowest BCUT2D eigenvalue weighted by Crippen LogP contribution is -2.42. The van der Waals surface area contributed by atoms with E-state index in [-0.39, 0.29) is 17.9 Å². The van der Waals surface area contributed by atoms with Crippen molar-refractivity contribution in [2.24, 2.45) is 24.8 Å². The van der Waals surface area contributed by atoms with E-state index in [1.807, 2.05) is 29.3 Å². The molecule has 43 heavy (non-hydrogen) atoms. The maximum absolute atomic E-state index is 14.0. The molecule has 3 fully saturated rings. The van der Waals surface area contributed by atoms with E-state index in [2.05, 4.69) is 45.9 Å². The molecule has 1 amide bonds. The normalized spacial score (nSPS) is 24.4. The summed E-state index contributed by atoms with van der Waals surface area (Å²) in [6.07, 6.45) is 17.0. The first-order valence-electron chi connectivity index (χ1n) is 16.0. The molecule has 7 nitrogen and oxygen atoms in total. The van der Waals surface area contributed by atoms with Crippen molar-refractivity contribution in [1.82, 2.24) is 19.6 Å². The van der Waals surface area contributed by atoms with Gasteiger partial charge in [0.05, 0.1) is 24.0 Å². The molecule has 3 aliphatic rings. The number of aliphatic hydroxyl groups excluding tert-OH is 1. The van der Waals surface area contributed by atoms with Crippen LogP contribution in [0, 0.1) is 30.6 Å². The van der Waals surface area contributed by atoms with Gasteiger partial charge in [-0.05, 0) is 107 Å². The number of hydrogen-bond acceptors (Lipinski definition) is 4. The number of aromatic nitrogens is 4. The average Bonchev–Trinajstić information content (AvgIpc) is 3.69. The zero-order chi connectivity index (χ0) is 30.1. The van der Waals surface area contributed by atoms with Crippen LogP contribution in [0.3, 0.4) is 0 Å². The number of anilines is 1. The zero-order valence-electron chi connectivity index (χ0n) is 25.5. The van der Waals surface area contributed by atoms with Crippen molar-refractivity contribution in [3.8, 4) is 11.1 Å². The highest BCUT2D eigenvalue weighted by molar-refractivity contribution is 5.95. The van der Waals surface area contributed by atoms with Crippen molar-refractivity contribution in [3.63, 3.8) is 0 Å². The molecule has 1 N–H and O–H groups in total. The summed E-state index contributed by atoms with van der Waals surface area (Å²) in [5, 5.41) is 18.5. The lowest BCUT2D eigenvalue weighted by molar-refractivity contribution is -0.124. The number of halogens is 1. The Bertz CT molecular complexity index is 1490. The van der Waals surface area contributed by atoms with Crippen LogP contribution in [0.15, 0.2) is 54.9 Å². The molecule has 0 atom stereocenters. The van der Waals surface area contributed by atoms with E-state index in [0.29, 0.717) is 42.8 Å². The van der Waals surface area contributed by atoms with Gasteiger partial charge < -0.3 is 10.0 Å². The van der Waals surface area contributed by atoms with Gasteiger partial charge in [0.25, 0.3) is 0 Å². The van der Waals surface area contributed by atoms with Crippen molar-refractivity contribution >= 4 is 17.7 Å². The van der Waals surface area contributed by atoms with Crippen LogP contribution in [-0.4, -0.2) is 43.2 Å². The van der Waals surface area contributed by atoms with Gasteiger partial charge in [-0.3, -0.25) is 14.2 Å². The van der Waals surface area contributed by atoms with Crippen LogP contribution in [0.5, 0.6) is 0 Å². The summed E-state index contributed by atoms with van der Waals surface area (Å²) in [5.41, 5.74) is 5.48. The molecule has 3 saturated carbocycles. The molecule has 3 aromatic rings. The van der Waals surface area contributed by atoms with Gasteiger partial charge in [-0.25, -0.2) is 0 Å². The molecular weight excluding hydrogens is 541 g/mol. The van der Waals surface area contributed by atoms with Crippen molar-refractivity contribution in [2.75, 3.05) is 11.4 Å². The SMILES string of the molecule is C=C(/C=C\c1c(C)c(F)nn1C)[C@H]1CC[C@H](CN(c2cccc(-c3cnn(C4CC4)c3)c2)C(=O)[C@H]2CC[C@H](O)CC2)CC1. The Kier molecular flexibility index (Phi) is 8.66. The smallest absolute Gasteiger partial charge is 0.236 e. The zero-order valence-corrected chi connectivity index (χ0v) is 25.5. The van der Waals surface area contributed by atoms with Gasteiger partial charge in [0, 0.05) is 42.5 Å². The Balaban J connectivity index is 1.15.